The van der Waals surface area contributed by atoms with Crippen LogP contribution in [0.15, 0.2) is 63.0 Å². The molecule has 31 heavy (non-hydrogen) atoms. The molecule has 0 amide bonds. The molecule has 3 heteroatoms. The van der Waals surface area contributed by atoms with Gasteiger partial charge in [0, 0.05) is 21.9 Å². The Morgan fingerprint density at radius 3 is 1.42 bits per heavy atom. The van der Waals surface area contributed by atoms with Gasteiger partial charge in [0.25, 0.3) is 8.01 Å². The molecule has 0 N–H and O–H groups in total. The van der Waals surface area contributed by atoms with Crippen LogP contribution < -0.4 is 0 Å². The second kappa shape index (κ2) is 7.61. The Kier molecular flexibility index (Phi) is 5.34. The molecule has 0 aliphatic carbocycles. The molecule has 1 heterocycles. The highest BCUT2D eigenvalue weighted by Gasteiger charge is 2.24. The number of aryl methyl sites for hydroxylation is 2. The van der Waals surface area contributed by atoms with E-state index in [4.69, 9.17) is 8.39 Å². The highest BCUT2D eigenvalue weighted by molar-refractivity contribution is 7.45. The Labute approximate surface area is 186 Å². The van der Waals surface area contributed by atoms with Gasteiger partial charge in [-0.25, -0.2) is 0 Å². The maximum absolute atomic E-state index is 6.79. The van der Waals surface area contributed by atoms with Gasteiger partial charge in [0.2, 0.25) is 0 Å². The summed E-state index contributed by atoms with van der Waals surface area (Å²) in [7, 11) is -1.31. The lowest BCUT2D eigenvalue weighted by Crippen LogP contribution is -2.12. The standard InChI is InChI=1S/C28H33O2P/c1-18-14-21-22-15-19(2)17-24(28(6,7)8)26(22)30-31(20-12-10-9-11-13-20)29-25(21)23(16-18)27(3,4)5/h9-17H,1-8H3. The van der Waals surface area contributed by atoms with E-state index in [9.17, 15) is 0 Å². The quantitative estimate of drug-likeness (QED) is 0.299. The lowest BCUT2D eigenvalue weighted by Gasteiger charge is -2.21. The van der Waals surface area contributed by atoms with Crippen molar-refractivity contribution in [3.05, 3.63) is 76.9 Å². The molecule has 0 unspecified atom stereocenters. The first-order valence-corrected chi connectivity index (χ1v) is 12.1. The van der Waals surface area contributed by atoms with Crippen molar-refractivity contribution in [2.45, 2.75) is 66.2 Å². The minimum atomic E-state index is -1.31. The number of fused-ring (bicyclic) bond motifs is 3. The van der Waals surface area contributed by atoms with Crippen molar-refractivity contribution in [3.63, 3.8) is 0 Å². The first-order chi connectivity index (χ1) is 14.4. The lowest BCUT2D eigenvalue weighted by atomic mass is 9.83. The normalized spacial score (nSPS) is 12.5. The van der Waals surface area contributed by atoms with Crippen molar-refractivity contribution >= 4 is 30.0 Å². The van der Waals surface area contributed by atoms with Crippen molar-refractivity contribution < 1.29 is 8.39 Å². The summed E-state index contributed by atoms with van der Waals surface area (Å²) in [5.74, 6) is 0. The zero-order valence-corrected chi connectivity index (χ0v) is 20.9. The summed E-state index contributed by atoms with van der Waals surface area (Å²) in [5.41, 5.74) is 6.74. The first-order valence-electron chi connectivity index (χ1n) is 11.0. The van der Waals surface area contributed by atoms with E-state index < -0.39 is 8.01 Å². The molecule has 2 nitrogen and oxygen atoms in total. The van der Waals surface area contributed by atoms with Crippen LogP contribution in [-0.2, 0) is 10.8 Å². The Hall–Kier alpha value is -2.44. The van der Waals surface area contributed by atoms with Crippen molar-refractivity contribution in [2.75, 3.05) is 0 Å². The molecule has 0 radical (unpaired) electrons. The summed E-state index contributed by atoms with van der Waals surface area (Å²) in [6.07, 6.45) is 0. The van der Waals surface area contributed by atoms with Crippen LogP contribution in [0.1, 0.15) is 63.8 Å². The fraction of sp³-hybridized carbons (Fsp3) is 0.357. The Morgan fingerprint density at radius 1 is 0.613 bits per heavy atom. The molecule has 4 rings (SSSR count). The second-order valence-electron chi connectivity index (χ2n) is 10.7. The van der Waals surface area contributed by atoms with Gasteiger partial charge in [0.15, 0.2) is 0 Å². The van der Waals surface area contributed by atoms with Crippen LogP contribution in [0, 0.1) is 13.8 Å². The van der Waals surface area contributed by atoms with Gasteiger partial charge < -0.3 is 8.39 Å². The van der Waals surface area contributed by atoms with Gasteiger partial charge >= 0.3 is 0 Å². The molecule has 0 spiro atoms. The van der Waals surface area contributed by atoms with E-state index in [1.54, 1.807) is 0 Å². The third kappa shape index (κ3) is 4.19. The van der Waals surface area contributed by atoms with Crippen LogP contribution in [0.25, 0.3) is 27.2 Å². The fourth-order valence-electron chi connectivity index (χ4n) is 4.10. The van der Waals surface area contributed by atoms with E-state index in [1.807, 2.05) is 6.07 Å². The van der Waals surface area contributed by atoms with E-state index in [-0.39, 0.29) is 10.8 Å². The van der Waals surface area contributed by atoms with E-state index in [0.29, 0.717) is 0 Å². The summed E-state index contributed by atoms with van der Waals surface area (Å²) in [4.78, 5) is 0. The SMILES string of the molecule is Cc1cc(C(C)(C)C)c2op(-c3ccccc3)oc3c(C(C)(C)C)cc(C)cc3c2c1. The van der Waals surface area contributed by atoms with Crippen LogP contribution >= 0.6 is 8.01 Å². The Bertz CT molecular complexity index is 1220. The van der Waals surface area contributed by atoms with Crippen LogP contribution in [0.2, 0.25) is 0 Å². The topological polar surface area (TPSA) is 26.3 Å². The van der Waals surface area contributed by atoms with Gasteiger partial charge in [0.05, 0.1) is 5.30 Å². The van der Waals surface area contributed by atoms with Crippen molar-refractivity contribution in [1.82, 2.24) is 0 Å². The Morgan fingerprint density at radius 2 is 1.03 bits per heavy atom. The number of hydrogen-bond acceptors (Lipinski definition) is 2. The van der Waals surface area contributed by atoms with Gasteiger partial charge in [-0.15, -0.1) is 0 Å². The predicted octanol–water partition coefficient (Wildman–Crippen LogP) is 9.49. The van der Waals surface area contributed by atoms with E-state index in [1.165, 1.54) is 22.3 Å². The molecular formula is C28H33O2P. The van der Waals surface area contributed by atoms with Gasteiger partial charge in [-0.2, -0.15) is 0 Å². The van der Waals surface area contributed by atoms with E-state index >= 15 is 0 Å². The summed E-state index contributed by atoms with van der Waals surface area (Å²) in [5, 5.41) is 3.35. The molecule has 0 aliphatic rings. The maximum atomic E-state index is 6.79. The van der Waals surface area contributed by atoms with Gasteiger partial charge in [-0.05, 0) is 60.1 Å². The molecule has 1 aromatic heterocycles. The van der Waals surface area contributed by atoms with Crippen LogP contribution in [0.3, 0.4) is 0 Å². The Balaban J connectivity index is 2.33. The van der Waals surface area contributed by atoms with Crippen molar-refractivity contribution in [1.29, 1.82) is 0 Å². The summed E-state index contributed by atoms with van der Waals surface area (Å²) < 4.78 is 13.6. The van der Waals surface area contributed by atoms with Gasteiger partial charge in [-0.1, -0.05) is 71.9 Å². The molecule has 0 bridgehead atoms. The molecule has 0 saturated carbocycles. The molecule has 0 aliphatic heterocycles. The van der Waals surface area contributed by atoms with Crippen LogP contribution in [-0.4, -0.2) is 0 Å². The average Bonchev–Trinajstić information content (AvgIpc) is 2.83. The number of hydrogen-bond donors (Lipinski definition) is 0. The fourth-order valence-corrected chi connectivity index (χ4v) is 5.49. The third-order valence-corrected chi connectivity index (χ3v) is 7.10. The van der Waals surface area contributed by atoms with Gasteiger partial charge in [-0.3, -0.25) is 0 Å². The molecule has 0 fully saturated rings. The lowest BCUT2D eigenvalue weighted by molar-refractivity contribution is 0.568. The van der Waals surface area contributed by atoms with E-state index in [2.05, 4.69) is 104 Å². The van der Waals surface area contributed by atoms with Crippen molar-refractivity contribution in [2.24, 2.45) is 0 Å². The van der Waals surface area contributed by atoms with Crippen LogP contribution in [0.5, 0.6) is 0 Å². The third-order valence-electron chi connectivity index (χ3n) is 5.69. The zero-order valence-electron chi connectivity index (χ0n) is 20.0. The van der Waals surface area contributed by atoms with Crippen molar-refractivity contribution in [3.8, 4) is 5.30 Å². The molecule has 162 valence electrons. The van der Waals surface area contributed by atoms with Crippen LogP contribution in [0.4, 0.5) is 0 Å². The molecule has 4 aromatic rings. The number of rotatable bonds is 1. The highest BCUT2D eigenvalue weighted by Crippen LogP contribution is 2.47. The highest BCUT2D eigenvalue weighted by atomic mass is 31.1. The molecule has 0 atom stereocenters. The van der Waals surface area contributed by atoms with E-state index in [0.717, 1.165) is 27.2 Å². The molecule has 0 saturated heterocycles. The summed E-state index contributed by atoms with van der Waals surface area (Å²) in [6.45, 7) is 17.8. The van der Waals surface area contributed by atoms with Gasteiger partial charge in [0.1, 0.15) is 11.2 Å². The molecular weight excluding hydrogens is 399 g/mol. The minimum Gasteiger partial charge on any atom is -0.415 e. The first kappa shape index (κ1) is 21.8. The number of benzene rings is 3. The predicted molar refractivity (Wildman–Crippen MR) is 135 cm³/mol. The second-order valence-corrected chi connectivity index (χ2v) is 12.0. The largest absolute Gasteiger partial charge is 0.415 e. The summed E-state index contributed by atoms with van der Waals surface area (Å²) >= 11 is 0. The summed E-state index contributed by atoms with van der Waals surface area (Å²) in [6, 6.07) is 19.4. The zero-order chi connectivity index (χ0) is 22.6. The average molecular weight is 433 g/mol. The minimum absolute atomic E-state index is 0.0466. The maximum Gasteiger partial charge on any atom is 0.252 e. The monoisotopic (exact) mass is 432 g/mol. The molecule has 3 aromatic carbocycles. The smallest absolute Gasteiger partial charge is 0.252 e.